The van der Waals surface area contributed by atoms with Crippen molar-refractivity contribution in [1.29, 1.82) is 0 Å². The van der Waals surface area contributed by atoms with Crippen molar-refractivity contribution in [1.82, 2.24) is 5.32 Å². The maximum Gasteiger partial charge on any atom is 0.311 e. The Hall–Kier alpha value is -4.00. The molecular formula is C33H35NO6. The van der Waals surface area contributed by atoms with Crippen molar-refractivity contribution in [2.75, 3.05) is 13.7 Å². The van der Waals surface area contributed by atoms with Crippen LogP contribution in [0.2, 0.25) is 0 Å². The fourth-order valence-corrected chi connectivity index (χ4v) is 6.08. The minimum absolute atomic E-state index is 0.0802. The van der Waals surface area contributed by atoms with Crippen molar-refractivity contribution in [2.24, 2.45) is 0 Å². The lowest BCUT2D eigenvalue weighted by atomic mass is 9.81. The van der Waals surface area contributed by atoms with E-state index in [1.165, 1.54) is 5.56 Å². The van der Waals surface area contributed by atoms with Crippen molar-refractivity contribution in [3.63, 3.8) is 0 Å². The summed E-state index contributed by atoms with van der Waals surface area (Å²) >= 11 is 0. The molecule has 2 saturated carbocycles. The van der Waals surface area contributed by atoms with Crippen molar-refractivity contribution in [3.05, 3.63) is 82.9 Å². The summed E-state index contributed by atoms with van der Waals surface area (Å²) in [5.41, 5.74) is 3.62. The van der Waals surface area contributed by atoms with Gasteiger partial charge in [-0.05, 0) is 104 Å². The molecule has 40 heavy (non-hydrogen) atoms. The van der Waals surface area contributed by atoms with Gasteiger partial charge in [0.25, 0.3) is 5.91 Å². The van der Waals surface area contributed by atoms with Crippen molar-refractivity contribution in [2.45, 2.75) is 68.7 Å². The highest BCUT2D eigenvalue weighted by atomic mass is 16.5. The molecule has 0 spiro atoms. The van der Waals surface area contributed by atoms with E-state index in [1.54, 1.807) is 19.2 Å². The Morgan fingerprint density at radius 3 is 2.48 bits per heavy atom. The summed E-state index contributed by atoms with van der Waals surface area (Å²) < 4.78 is 17.5. The van der Waals surface area contributed by atoms with E-state index in [4.69, 9.17) is 14.2 Å². The quantitative estimate of drug-likeness (QED) is 0.327. The second kappa shape index (κ2) is 11.2. The zero-order valence-electron chi connectivity index (χ0n) is 22.7. The summed E-state index contributed by atoms with van der Waals surface area (Å²) in [6, 6.07) is 19.4. The van der Waals surface area contributed by atoms with Gasteiger partial charge in [-0.1, -0.05) is 18.6 Å². The lowest BCUT2D eigenvalue weighted by Gasteiger charge is -2.30. The van der Waals surface area contributed by atoms with Gasteiger partial charge in [0.15, 0.2) is 0 Å². The largest absolute Gasteiger partial charge is 0.497 e. The van der Waals surface area contributed by atoms with Crippen molar-refractivity contribution >= 4 is 11.9 Å². The molecule has 3 aromatic carbocycles. The summed E-state index contributed by atoms with van der Waals surface area (Å²) in [7, 11) is 1.68. The molecule has 2 fully saturated rings. The molecule has 7 heteroatoms. The highest BCUT2D eigenvalue weighted by molar-refractivity contribution is 5.94. The first-order valence-corrected chi connectivity index (χ1v) is 14.2. The Balaban J connectivity index is 1.12. The maximum atomic E-state index is 13.1. The number of aliphatic carboxylic acids is 1. The molecule has 3 unspecified atom stereocenters. The summed E-state index contributed by atoms with van der Waals surface area (Å²) in [6.45, 7) is 0.372. The second-order valence-electron chi connectivity index (χ2n) is 11.2. The topological polar surface area (TPSA) is 94.1 Å². The number of carbonyl (C=O) groups is 2. The van der Waals surface area contributed by atoms with Crippen molar-refractivity contribution < 1.29 is 28.9 Å². The Labute approximate surface area is 234 Å². The molecule has 2 N–H and O–H groups in total. The van der Waals surface area contributed by atoms with E-state index in [-0.39, 0.29) is 11.9 Å². The lowest BCUT2D eigenvalue weighted by Crippen LogP contribution is -2.37. The minimum Gasteiger partial charge on any atom is -0.497 e. The van der Waals surface area contributed by atoms with Gasteiger partial charge >= 0.3 is 5.97 Å². The van der Waals surface area contributed by atoms with E-state index < -0.39 is 11.9 Å². The van der Waals surface area contributed by atoms with E-state index in [0.29, 0.717) is 47.7 Å². The van der Waals surface area contributed by atoms with Crippen LogP contribution in [0.5, 0.6) is 23.0 Å². The highest BCUT2D eigenvalue weighted by Crippen LogP contribution is 2.49. The molecule has 0 saturated heterocycles. The number of carboxylic acid groups (broad SMARTS) is 1. The second-order valence-corrected chi connectivity index (χ2v) is 11.2. The third-order valence-electron chi connectivity index (χ3n) is 8.42. The monoisotopic (exact) mass is 541 g/mol. The molecule has 208 valence electrons. The number of rotatable bonds is 8. The first-order chi connectivity index (χ1) is 19.5. The third kappa shape index (κ3) is 5.64. The molecular weight excluding hydrogens is 506 g/mol. The number of methoxy groups -OCH3 is 1. The van der Waals surface area contributed by atoms with Crippen molar-refractivity contribution in [3.8, 4) is 23.0 Å². The molecule has 0 aromatic heterocycles. The van der Waals surface area contributed by atoms with Crippen LogP contribution in [0.15, 0.2) is 60.7 Å². The van der Waals surface area contributed by atoms with Crippen LogP contribution in [0.4, 0.5) is 0 Å². The number of nitrogens with one attached hydrogen (secondary N) is 1. The van der Waals surface area contributed by atoms with Crippen LogP contribution in [-0.2, 0) is 4.79 Å². The highest BCUT2D eigenvalue weighted by Gasteiger charge is 2.33. The zero-order chi connectivity index (χ0) is 27.6. The van der Waals surface area contributed by atoms with E-state index >= 15 is 0 Å². The molecule has 1 heterocycles. The number of hydrogen-bond acceptors (Lipinski definition) is 5. The number of benzene rings is 3. The van der Waals surface area contributed by atoms with Crippen LogP contribution in [-0.4, -0.2) is 36.7 Å². The number of fused-ring (bicyclic) bond motifs is 1. The maximum absolute atomic E-state index is 13.1. The minimum atomic E-state index is -0.821. The number of hydrogen-bond donors (Lipinski definition) is 2. The number of amides is 1. The Kier molecular flexibility index (Phi) is 7.37. The summed E-state index contributed by atoms with van der Waals surface area (Å²) in [6.07, 6.45) is 6.66. The van der Waals surface area contributed by atoms with Gasteiger partial charge in [-0.2, -0.15) is 0 Å². The van der Waals surface area contributed by atoms with Crippen LogP contribution in [0, 0.1) is 0 Å². The third-order valence-corrected chi connectivity index (χ3v) is 8.42. The summed E-state index contributed by atoms with van der Waals surface area (Å²) in [4.78, 5) is 24.9. The van der Waals surface area contributed by atoms with Gasteiger partial charge in [0.05, 0.1) is 19.6 Å². The van der Waals surface area contributed by atoms with Crippen LogP contribution >= 0.6 is 0 Å². The van der Waals surface area contributed by atoms with E-state index in [9.17, 15) is 14.7 Å². The van der Waals surface area contributed by atoms with E-state index in [2.05, 4.69) is 17.4 Å². The lowest BCUT2D eigenvalue weighted by molar-refractivity contribution is -0.139. The molecule has 6 rings (SSSR count). The van der Waals surface area contributed by atoms with Gasteiger partial charge < -0.3 is 24.6 Å². The van der Waals surface area contributed by atoms with Gasteiger partial charge in [0, 0.05) is 23.2 Å². The number of carbonyl (C=O) groups excluding carboxylic acids is 1. The first kappa shape index (κ1) is 26.2. The van der Waals surface area contributed by atoms with Crippen LogP contribution in [0.3, 0.4) is 0 Å². The fourth-order valence-electron chi connectivity index (χ4n) is 6.08. The SMILES string of the molecule is COc1cccc(C2CCCC(NC(=O)c3ccc(Oc4cc5c(cc4C4CC4)C(C(=O)O)CCO5)cc3)C2)c1. The first-order valence-electron chi connectivity index (χ1n) is 14.2. The Bertz CT molecular complexity index is 1400. The normalized spacial score (nSPS) is 22.0. The molecule has 3 atom stereocenters. The Morgan fingerprint density at radius 2 is 1.73 bits per heavy atom. The van der Waals surface area contributed by atoms with Gasteiger partial charge in [-0.3, -0.25) is 9.59 Å². The van der Waals surface area contributed by atoms with Gasteiger partial charge in [0.2, 0.25) is 0 Å². The van der Waals surface area contributed by atoms with Gasteiger partial charge in [-0.15, -0.1) is 0 Å². The molecule has 0 radical (unpaired) electrons. The predicted octanol–water partition coefficient (Wildman–Crippen LogP) is 6.77. The molecule has 0 bridgehead atoms. The average molecular weight is 542 g/mol. The number of ether oxygens (including phenoxy) is 3. The van der Waals surface area contributed by atoms with E-state index in [0.717, 1.165) is 55.4 Å². The van der Waals surface area contributed by atoms with Gasteiger partial charge in [0.1, 0.15) is 23.0 Å². The molecule has 3 aromatic rings. The smallest absolute Gasteiger partial charge is 0.311 e. The fraction of sp³-hybridized carbons (Fsp3) is 0.394. The molecule has 1 aliphatic heterocycles. The molecule has 3 aliphatic rings. The summed E-state index contributed by atoms with van der Waals surface area (Å²) in [5, 5.41) is 12.9. The molecule has 7 nitrogen and oxygen atoms in total. The predicted molar refractivity (Wildman–Crippen MR) is 151 cm³/mol. The standard InChI is InChI=1S/C33H35NO6/c1-38-26-7-3-5-23(17-26)22-4-2-6-24(16-22)34-32(35)21-10-12-25(13-11-21)40-31-19-30-29(18-28(31)20-8-9-20)27(33(36)37)14-15-39-30/h3,5,7,10-13,17-20,22,24,27H,2,4,6,8-9,14-16H2,1H3,(H,34,35)(H,36,37). The number of carboxylic acids is 1. The zero-order valence-corrected chi connectivity index (χ0v) is 22.7. The molecule has 1 amide bonds. The van der Waals surface area contributed by atoms with Crippen LogP contribution < -0.4 is 19.5 Å². The molecule has 2 aliphatic carbocycles. The van der Waals surface area contributed by atoms with Crippen LogP contribution in [0.1, 0.15) is 89.7 Å². The van der Waals surface area contributed by atoms with Gasteiger partial charge in [-0.25, -0.2) is 0 Å². The average Bonchev–Trinajstić information content (AvgIpc) is 3.82. The summed E-state index contributed by atoms with van der Waals surface area (Å²) in [5.74, 6) is 2.07. The van der Waals surface area contributed by atoms with E-state index in [1.807, 2.05) is 36.4 Å². The Morgan fingerprint density at radius 1 is 0.900 bits per heavy atom. The van der Waals surface area contributed by atoms with Crippen LogP contribution in [0.25, 0.3) is 0 Å².